The quantitative estimate of drug-likeness (QED) is 0.396. The topological polar surface area (TPSA) is 49.3 Å². The monoisotopic (exact) mass is 219 g/mol. The Balaban J connectivity index is -0.000000151. The van der Waals surface area contributed by atoms with Crippen LogP contribution in [0.5, 0.6) is 0 Å². The van der Waals surface area contributed by atoms with Crippen LogP contribution >= 0.6 is 11.8 Å². The molecule has 1 rings (SSSR count). The van der Waals surface area contributed by atoms with E-state index in [1.165, 1.54) is 12.1 Å². The first-order valence-corrected chi connectivity index (χ1v) is 3.32. The van der Waals surface area contributed by atoms with Crippen molar-refractivity contribution in [2.24, 2.45) is 0 Å². The summed E-state index contributed by atoms with van der Waals surface area (Å²) in [6.07, 6.45) is 0. The van der Waals surface area contributed by atoms with Crippen LogP contribution < -0.4 is 64.0 Å². The van der Waals surface area contributed by atoms with Gasteiger partial charge in [-0.15, -0.1) is 0 Å². The number of anilines is 1. The van der Waals surface area contributed by atoms with E-state index in [0.717, 1.165) is 0 Å². The molecule has 2 N–H and O–H groups in total. The van der Waals surface area contributed by atoms with Gasteiger partial charge in [-0.05, 0) is 18.2 Å². The standard InChI is InChI=1S/C7H6ClNO2.2Na.2H/c8-9-6-3-1-2-5(4-6)7(10)11;;;;/h1-4,9H,(H,10,11);;;;/q;2*+1;2*-1. The van der Waals surface area contributed by atoms with Gasteiger partial charge in [0.2, 0.25) is 0 Å². The van der Waals surface area contributed by atoms with E-state index in [2.05, 4.69) is 4.84 Å². The predicted molar refractivity (Wildman–Crippen MR) is 45.1 cm³/mol. The van der Waals surface area contributed by atoms with E-state index in [0.29, 0.717) is 5.69 Å². The summed E-state index contributed by atoms with van der Waals surface area (Å²) in [6, 6.07) is 6.25. The van der Waals surface area contributed by atoms with Crippen molar-refractivity contribution in [3.8, 4) is 0 Å². The van der Waals surface area contributed by atoms with Crippen LogP contribution in [0, 0.1) is 0 Å². The number of rotatable bonds is 2. The van der Waals surface area contributed by atoms with Gasteiger partial charge in [0.05, 0.1) is 5.56 Å². The van der Waals surface area contributed by atoms with Crippen LogP contribution in [0.3, 0.4) is 0 Å². The summed E-state index contributed by atoms with van der Waals surface area (Å²) in [5, 5.41) is 8.53. The zero-order valence-corrected chi connectivity index (χ0v) is 12.3. The molecule has 0 radical (unpaired) electrons. The van der Waals surface area contributed by atoms with Gasteiger partial charge in [-0.2, -0.15) is 0 Å². The van der Waals surface area contributed by atoms with E-state index in [1.807, 2.05) is 0 Å². The Morgan fingerprint density at radius 3 is 2.54 bits per heavy atom. The van der Waals surface area contributed by atoms with E-state index < -0.39 is 5.97 Å². The van der Waals surface area contributed by atoms with Gasteiger partial charge in [-0.25, -0.2) is 4.79 Å². The number of nitrogens with one attached hydrogen (secondary N) is 1. The first-order chi connectivity index (χ1) is 5.24. The average molecular weight is 220 g/mol. The minimum absolute atomic E-state index is 0. The van der Waals surface area contributed by atoms with Crippen LogP contribution in [-0.4, -0.2) is 11.1 Å². The van der Waals surface area contributed by atoms with Crippen LogP contribution in [0.2, 0.25) is 0 Å². The second kappa shape index (κ2) is 8.12. The molecule has 0 spiro atoms. The summed E-state index contributed by atoms with van der Waals surface area (Å²) in [4.78, 5) is 12.7. The van der Waals surface area contributed by atoms with Crippen molar-refractivity contribution in [2.45, 2.75) is 0 Å². The predicted octanol–water partition coefficient (Wildman–Crippen LogP) is -3.82. The molecule has 0 unspecified atom stereocenters. The molecular formula is C7H8ClNNa2O2. The number of carboxylic acid groups (broad SMARTS) is 1. The minimum Gasteiger partial charge on any atom is -1.00 e. The van der Waals surface area contributed by atoms with Crippen molar-refractivity contribution in [1.29, 1.82) is 0 Å². The first-order valence-electron chi connectivity index (χ1n) is 2.94. The third kappa shape index (κ3) is 5.27. The Labute approximate surface area is 129 Å². The van der Waals surface area contributed by atoms with E-state index in [9.17, 15) is 4.79 Å². The Bertz CT molecular complexity index is 291. The van der Waals surface area contributed by atoms with E-state index in [4.69, 9.17) is 16.9 Å². The van der Waals surface area contributed by atoms with Gasteiger partial charge in [0.1, 0.15) is 0 Å². The van der Waals surface area contributed by atoms with Gasteiger partial charge in [-0.3, -0.25) is 4.84 Å². The third-order valence-electron chi connectivity index (χ3n) is 1.22. The molecule has 13 heavy (non-hydrogen) atoms. The van der Waals surface area contributed by atoms with Crippen LogP contribution in [0.15, 0.2) is 24.3 Å². The maximum absolute atomic E-state index is 10.4. The normalized spacial score (nSPS) is 7.77. The number of benzene rings is 1. The second-order valence-corrected chi connectivity index (χ2v) is 2.17. The molecule has 0 saturated heterocycles. The number of hydrogen-bond acceptors (Lipinski definition) is 2. The number of halogens is 1. The maximum atomic E-state index is 10.4. The molecule has 0 atom stereocenters. The number of hydrogen-bond donors (Lipinski definition) is 2. The van der Waals surface area contributed by atoms with Crippen molar-refractivity contribution < 1.29 is 71.9 Å². The fourth-order valence-corrected chi connectivity index (χ4v) is 0.829. The van der Waals surface area contributed by atoms with Gasteiger partial charge in [0.25, 0.3) is 0 Å². The molecule has 62 valence electrons. The van der Waals surface area contributed by atoms with Crippen molar-refractivity contribution in [3.05, 3.63) is 29.8 Å². The molecule has 0 bridgehead atoms. The molecule has 0 fully saturated rings. The van der Waals surface area contributed by atoms with Crippen LogP contribution in [0.1, 0.15) is 13.2 Å². The number of carboxylic acids is 1. The van der Waals surface area contributed by atoms with Gasteiger partial charge >= 0.3 is 65.1 Å². The molecule has 1 aromatic carbocycles. The third-order valence-corrected chi connectivity index (χ3v) is 1.44. The molecule has 0 saturated carbocycles. The summed E-state index contributed by atoms with van der Waals surface area (Å²) >= 11 is 5.26. The van der Waals surface area contributed by atoms with Crippen molar-refractivity contribution in [2.75, 3.05) is 4.84 Å². The van der Waals surface area contributed by atoms with Gasteiger partial charge < -0.3 is 7.96 Å². The van der Waals surface area contributed by atoms with Crippen LogP contribution in [0.4, 0.5) is 5.69 Å². The smallest absolute Gasteiger partial charge is 1.00 e. The zero-order chi connectivity index (χ0) is 8.27. The van der Waals surface area contributed by atoms with Gasteiger partial charge in [0, 0.05) is 17.5 Å². The van der Waals surface area contributed by atoms with Crippen molar-refractivity contribution in [3.63, 3.8) is 0 Å². The summed E-state index contributed by atoms with van der Waals surface area (Å²) in [7, 11) is 0. The second-order valence-electron chi connectivity index (χ2n) is 1.98. The molecular weight excluding hydrogens is 212 g/mol. The van der Waals surface area contributed by atoms with Crippen LogP contribution in [0.25, 0.3) is 0 Å². The molecule has 0 amide bonds. The number of carbonyl (C=O) groups is 1. The zero-order valence-electron chi connectivity index (χ0n) is 9.54. The Hall–Kier alpha value is 0.780. The Morgan fingerprint density at radius 1 is 1.46 bits per heavy atom. The maximum Gasteiger partial charge on any atom is 1.00 e. The molecule has 1 aromatic rings. The van der Waals surface area contributed by atoms with Crippen molar-refractivity contribution >= 4 is 23.4 Å². The minimum atomic E-state index is -0.959. The summed E-state index contributed by atoms with van der Waals surface area (Å²) in [5.74, 6) is -0.959. The Morgan fingerprint density at radius 2 is 2.08 bits per heavy atom. The Kier molecular flexibility index (Phi) is 10.1. The fourth-order valence-electron chi connectivity index (χ4n) is 0.711. The molecule has 0 aliphatic carbocycles. The fraction of sp³-hybridized carbons (Fsp3) is 0. The molecule has 0 aliphatic rings. The summed E-state index contributed by atoms with van der Waals surface area (Å²) < 4.78 is 0. The first kappa shape index (κ1) is 16.2. The van der Waals surface area contributed by atoms with Gasteiger partial charge in [0.15, 0.2) is 0 Å². The molecule has 0 heterocycles. The van der Waals surface area contributed by atoms with E-state index in [1.54, 1.807) is 12.1 Å². The summed E-state index contributed by atoms with van der Waals surface area (Å²) in [6.45, 7) is 0. The largest absolute Gasteiger partial charge is 1.00 e. The molecule has 0 aliphatic heterocycles. The summed E-state index contributed by atoms with van der Waals surface area (Å²) in [5.41, 5.74) is 0.794. The van der Waals surface area contributed by atoms with Gasteiger partial charge in [-0.1, -0.05) is 6.07 Å². The number of aromatic carboxylic acids is 1. The van der Waals surface area contributed by atoms with E-state index >= 15 is 0 Å². The van der Waals surface area contributed by atoms with Crippen molar-refractivity contribution in [1.82, 2.24) is 0 Å². The van der Waals surface area contributed by atoms with Crippen LogP contribution in [-0.2, 0) is 0 Å². The average Bonchev–Trinajstić information content (AvgIpc) is 2.05. The molecule has 0 aromatic heterocycles. The van der Waals surface area contributed by atoms with E-state index in [-0.39, 0.29) is 67.5 Å². The molecule has 3 nitrogen and oxygen atoms in total. The molecule has 6 heteroatoms. The SMILES string of the molecule is O=C(O)c1cccc(NCl)c1.[H-].[H-].[Na+].[Na+].